The van der Waals surface area contributed by atoms with Crippen molar-refractivity contribution >= 4 is 16.8 Å². The smallest absolute Gasteiger partial charge is 0.272 e. The Morgan fingerprint density at radius 2 is 2.00 bits per heavy atom. The van der Waals surface area contributed by atoms with Crippen molar-refractivity contribution < 1.29 is 4.79 Å². The summed E-state index contributed by atoms with van der Waals surface area (Å²) in [5, 5.41) is 11.2. The maximum atomic E-state index is 12.4. The molecule has 0 unspecified atom stereocenters. The Balaban J connectivity index is 1.79. The van der Waals surface area contributed by atoms with Gasteiger partial charge in [0.15, 0.2) is 5.69 Å². The van der Waals surface area contributed by atoms with Gasteiger partial charge in [-0.2, -0.15) is 5.10 Å². The number of H-pyrrole nitrogens is 1. The van der Waals surface area contributed by atoms with E-state index in [-0.39, 0.29) is 5.91 Å². The minimum absolute atomic E-state index is 0.0475. The fourth-order valence-electron chi connectivity index (χ4n) is 2.98. The van der Waals surface area contributed by atoms with Gasteiger partial charge in [0.05, 0.1) is 5.52 Å². The van der Waals surface area contributed by atoms with E-state index in [1.807, 2.05) is 25.1 Å². The van der Waals surface area contributed by atoms with E-state index in [9.17, 15) is 4.79 Å². The summed E-state index contributed by atoms with van der Waals surface area (Å²) in [5.41, 5.74) is 2.58. The highest BCUT2D eigenvalue weighted by atomic mass is 16.2. The predicted molar refractivity (Wildman–Crippen MR) is 79.8 cm³/mol. The number of carbonyl (C=O) groups excluding carboxylic acids is 1. The lowest BCUT2D eigenvalue weighted by Gasteiger charge is -2.15. The first kappa shape index (κ1) is 13.2. The van der Waals surface area contributed by atoms with Crippen molar-refractivity contribution in [1.29, 1.82) is 0 Å². The topological polar surface area (TPSA) is 57.8 Å². The first-order valence-electron chi connectivity index (χ1n) is 7.49. The zero-order valence-electron chi connectivity index (χ0n) is 11.9. The second-order valence-corrected chi connectivity index (χ2v) is 5.78. The second kappa shape index (κ2) is 5.65. The average molecular weight is 271 g/mol. The highest BCUT2D eigenvalue weighted by molar-refractivity contribution is 6.04. The third kappa shape index (κ3) is 2.69. The van der Waals surface area contributed by atoms with Crippen LogP contribution in [0.25, 0.3) is 10.9 Å². The Labute approximate surface area is 119 Å². The van der Waals surface area contributed by atoms with E-state index < -0.39 is 0 Å². The number of hydrogen-bond donors (Lipinski definition) is 2. The number of aryl methyl sites for hydroxylation is 1. The van der Waals surface area contributed by atoms with Crippen LogP contribution >= 0.6 is 0 Å². The SMILES string of the molecule is Cc1ccc2[nH]nc(C(=O)NC3CCCCCC3)c2c1. The van der Waals surface area contributed by atoms with Gasteiger partial charge >= 0.3 is 0 Å². The number of rotatable bonds is 2. The molecule has 0 saturated heterocycles. The number of aromatic amines is 1. The van der Waals surface area contributed by atoms with Crippen molar-refractivity contribution in [3.63, 3.8) is 0 Å². The number of amides is 1. The van der Waals surface area contributed by atoms with E-state index in [2.05, 4.69) is 15.5 Å². The molecule has 1 amide bonds. The summed E-state index contributed by atoms with van der Waals surface area (Å²) in [4.78, 5) is 12.4. The van der Waals surface area contributed by atoms with Crippen molar-refractivity contribution in [1.82, 2.24) is 15.5 Å². The molecule has 0 bridgehead atoms. The summed E-state index contributed by atoms with van der Waals surface area (Å²) in [6.45, 7) is 2.03. The van der Waals surface area contributed by atoms with Gasteiger partial charge in [-0.25, -0.2) is 0 Å². The molecule has 0 aliphatic heterocycles. The van der Waals surface area contributed by atoms with E-state index in [0.717, 1.165) is 29.3 Å². The van der Waals surface area contributed by atoms with Gasteiger partial charge in [-0.1, -0.05) is 37.3 Å². The van der Waals surface area contributed by atoms with Gasteiger partial charge < -0.3 is 5.32 Å². The van der Waals surface area contributed by atoms with E-state index >= 15 is 0 Å². The van der Waals surface area contributed by atoms with Crippen molar-refractivity contribution in [3.05, 3.63) is 29.5 Å². The largest absolute Gasteiger partial charge is 0.348 e. The molecule has 1 saturated carbocycles. The van der Waals surface area contributed by atoms with Crippen LogP contribution in [0.1, 0.15) is 54.6 Å². The summed E-state index contributed by atoms with van der Waals surface area (Å²) in [7, 11) is 0. The summed E-state index contributed by atoms with van der Waals surface area (Å²) >= 11 is 0. The highest BCUT2D eigenvalue weighted by Crippen LogP contribution is 2.20. The second-order valence-electron chi connectivity index (χ2n) is 5.78. The first-order chi connectivity index (χ1) is 9.74. The summed E-state index contributed by atoms with van der Waals surface area (Å²) < 4.78 is 0. The minimum atomic E-state index is -0.0475. The van der Waals surface area contributed by atoms with Crippen molar-refractivity contribution in [2.75, 3.05) is 0 Å². The van der Waals surface area contributed by atoms with Crippen LogP contribution in [0.4, 0.5) is 0 Å². The Hall–Kier alpha value is -1.84. The molecule has 1 aliphatic carbocycles. The third-order valence-electron chi connectivity index (χ3n) is 4.12. The standard InChI is InChI=1S/C16H21N3O/c1-11-8-9-14-13(10-11)15(19-18-14)16(20)17-12-6-4-2-3-5-7-12/h8-10,12H,2-7H2,1H3,(H,17,20)(H,18,19). The van der Waals surface area contributed by atoms with E-state index in [4.69, 9.17) is 0 Å². The van der Waals surface area contributed by atoms with Gasteiger partial charge in [-0.3, -0.25) is 9.89 Å². The fraction of sp³-hybridized carbons (Fsp3) is 0.500. The fourth-order valence-corrected chi connectivity index (χ4v) is 2.98. The van der Waals surface area contributed by atoms with Crippen molar-refractivity contribution in [2.45, 2.75) is 51.5 Å². The summed E-state index contributed by atoms with van der Waals surface area (Å²) in [5.74, 6) is -0.0475. The van der Waals surface area contributed by atoms with Crippen LogP contribution in [0.3, 0.4) is 0 Å². The molecular formula is C16H21N3O. The van der Waals surface area contributed by atoms with Gasteiger partial charge in [0.2, 0.25) is 0 Å². The van der Waals surface area contributed by atoms with Crippen LogP contribution in [0.15, 0.2) is 18.2 Å². The number of nitrogens with one attached hydrogen (secondary N) is 2. The lowest BCUT2D eigenvalue weighted by Crippen LogP contribution is -2.34. The molecule has 0 atom stereocenters. The predicted octanol–water partition coefficient (Wildman–Crippen LogP) is 3.32. The first-order valence-corrected chi connectivity index (χ1v) is 7.49. The molecule has 4 nitrogen and oxygen atoms in total. The van der Waals surface area contributed by atoms with Crippen molar-refractivity contribution in [2.24, 2.45) is 0 Å². The van der Waals surface area contributed by atoms with E-state index in [1.165, 1.54) is 25.7 Å². The zero-order chi connectivity index (χ0) is 13.9. The quantitative estimate of drug-likeness (QED) is 0.823. The van der Waals surface area contributed by atoms with Gasteiger partial charge in [0.1, 0.15) is 0 Å². The van der Waals surface area contributed by atoms with Crippen LogP contribution < -0.4 is 5.32 Å². The van der Waals surface area contributed by atoms with Gasteiger partial charge in [-0.15, -0.1) is 0 Å². The van der Waals surface area contributed by atoms with Gasteiger partial charge in [-0.05, 0) is 31.9 Å². The molecule has 4 heteroatoms. The molecule has 106 valence electrons. The third-order valence-corrected chi connectivity index (χ3v) is 4.12. The molecule has 2 N–H and O–H groups in total. The maximum absolute atomic E-state index is 12.4. The highest BCUT2D eigenvalue weighted by Gasteiger charge is 2.19. The minimum Gasteiger partial charge on any atom is -0.348 e. The molecule has 1 aromatic carbocycles. The van der Waals surface area contributed by atoms with Gasteiger partial charge in [0, 0.05) is 11.4 Å². The van der Waals surface area contributed by atoms with E-state index in [0.29, 0.717) is 11.7 Å². The molecule has 2 aromatic rings. The number of benzene rings is 1. The van der Waals surface area contributed by atoms with E-state index in [1.54, 1.807) is 0 Å². The molecule has 3 rings (SSSR count). The summed E-state index contributed by atoms with van der Waals surface area (Å²) in [6, 6.07) is 6.32. The Morgan fingerprint density at radius 1 is 1.25 bits per heavy atom. The molecule has 1 aliphatic rings. The van der Waals surface area contributed by atoms with Crippen LogP contribution in [-0.4, -0.2) is 22.1 Å². The number of fused-ring (bicyclic) bond motifs is 1. The number of nitrogens with zero attached hydrogens (tertiary/aromatic N) is 1. The Kier molecular flexibility index (Phi) is 3.72. The van der Waals surface area contributed by atoms with Crippen molar-refractivity contribution in [3.8, 4) is 0 Å². The Morgan fingerprint density at radius 3 is 2.75 bits per heavy atom. The molecular weight excluding hydrogens is 250 g/mol. The number of carbonyl (C=O) groups is 1. The lowest BCUT2D eigenvalue weighted by molar-refractivity contribution is 0.0930. The molecule has 20 heavy (non-hydrogen) atoms. The average Bonchev–Trinajstić information content (AvgIpc) is 2.67. The van der Waals surface area contributed by atoms with Crippen LogP contribution in [0.5, 0.6) is 0 Å². The monoisotopic (exact) mass is 271 g/mol. The molecule has 1 aromatic heterocycles. The number of aromatic nitrogens is 2. The molecule has 0 spiro atoms. The van der Waals surface area contributed by atoms with Crippen LogP contribution in [0, 0.1) is 6.92 Å². The van der Waals surface area contributed by atoms with Crippen LogP contribution in [-0.2, 0) is 0 Å². The molecule has 1 fully saturated rings. The lowest BCUT2D eigenvalue weighted by atomic mass is 10.1. The zero-order valence-corrected chi connectivity index (χ0v) is 11.9. The van der Waals surface area contributed by atoms with Gasteiger partial charge in [0.25, 0.3) is 5.91 Å². The molecule has 1 heterocycles. The number of hydrogen-bond acceptors (Lipinski definition) is 2. The molecule has 0 radical (unpaired) electrons. The summed E-state index contributed by atoms with van der Waals surface area (Å²) in [6.07, 6.45) is 7.19. The normalized spacial score (nSPS) is 17.1. The Bertz CT molecular complexity index is 609. The maximum Gasteiger partial charge on any atom is 0.272 e. The van der Waals surface area contributed by atoms with Crippen LogP contribution in [0.2, 0.25) is 0 Å².